The monoisotopic (exact) mass is 386 g/mol. The number of anilines is 1. The van der Waals surface area contributed by atoms with Gasteiger partial charge in [-0.05, 0) is 19.1 Å². The quantitative estimate of drug-likeness (QED) is 0.546. The fourth-order valence-corrected chi connectivity index (χ4v) is 5.26. The maximum atomic E-state index is 6.35. The Bertz CT molecular complexity index is 1030. The van der Waals surface area contributed by atoms with Crippen LogP contribution in [0.5, 0.6) is 0 Å². The minimum Gasteiger partial charge on any atom is -0.360 e. The van der Waals surface area contributed by atoms with Crippen LogP contribution in [0.2, 0.25) is 0 Å². The van der Waals surface area contributed by atoms with Gasteiger partial charge in [-0.1, -0.05) is 84.4 Å². The Hall–Kier alpha value is -2.72. The lowest BCUT2D eigenvalue weighted by Gasteiger charge is -2.37. The third kappa shape index (κ3) is 2.71. The molecule has 2 aliphatic heterocycles. The first kappa shape index (κ1) is 17.4. The van der Waals surface area contributed by atoms with E-state index >= 15 is 0 Å². The van der Waals surface area contributed by atoms with Gasteiger partial charge in [0.15, 0.2) is 5.84 Å². The van der Waals surface area contributed by atoms with E-state index in [1.807, 2.05) is 30.0 Å². The molecule has 0 spiro atoms. The molecule has 0 radical (unpaired) electrons. The van der Waals surface area contributed by atoms with Crippen molar-refractivity contribution >= 4 is 23.3 Å². The van der Waals surface area contributed by atoms with Crippen LogP contribution in [-0.4, -0.2) is 11.1 Å². The summed E-state index contributed by atoms with van der Waals surface area (Å²) in [6.07, 6.45) is 0.843. The number of benzene rings is 3. The molecule has 140 valence electrons. The predicted octanol–water partition coefficient (Wildman–Crippen LogP) is 5.93. The predicted molar refractivity (Wildman–Crippen MR) is 116 cm³/mol. The van der Waals surface area contributed by atoms with E-state index in [1.165, 1.54) is 10.5 Å². The van der Waals surface area contributed by atoms with Crippen LogP contribution in [0.1, 0.15) is 30.0 Å². The standard InChI is InChI=1S/C24H22N2OS/c1-17-12-14-20(15-13-17)24-16-18(2)28-22-11-7-6-10-21(22)26(24)23(25-27-24)19-8-4-3-5-9-19/h3-15,18H,16H2,1-2H3/t18-,24+/m1/s1. The van der Waals surface area contributed by atoms with Gasteiger partial charge in [0, 0.05) is 27.7 Å². The minimum atomic E-state index is -0.641. The van der Waals surface area contributed by atoms with Crippen LogP contribution >= 0.6 is 11.8 Å². The average Bonchev–Trinajstić information content (AvgIpc) is 3.03. The Morgan fingerprint density at radius 2 is 1.68 bits per heavy atom. The molecule has 28 heavy (non-hydrogen) atoms. The molecule has 3 aromatic rings. The number of hydrogen-bond donors (Lipinski definition) is 0. The molecule has 4 heteroatoms. The zero-order chi connectivity index (χ0) is 19.1. The topological polar surface area (TPSA) is 24.8 Å². The normalized spacial score (nSPS) is 23.3. The molecule has 5 rings (SSSR count). The Morgan fingerprint density at radius 3 is 2.46 bits per heavy atom. The third-order valence-corrected chi connectivity index (χ3v) is 6.56. The first-order valence-corrected chi connectivity index (χ1v) is 10.5. The highest BCUT2D eigenvalue weighted by Gasteiger charge is 2.51. The summed E-state index contributed by atoms with van der Waals surface area (Å²) in [5.41, 5.74) is 3.95. The molecule has 0 saturated carbocycles. The Balaban J connectivity index is 1.74. The molecule has 0 saturated heterocycles. The SMILES string of the molecule is Cc1ccc([C@@]23C[C@@H](C)Sc4ccccc4N2C(c2ccccc2)=NO3)cc1. The summed E-state index contributed by atoms with van der Waals surface area (Å²) in [6, 6.07) is 27.5. The first-order valence-electron chi connectivity index (χ1n) is 9.62. The molecule has 2 heterocycles. The van der Waals surface area contributed by atoms with Crippen LogP contribution in [0.4, 0.5) is 5.69 Å². The number of rotatable bonds is 2. The Kier molecular flexibility index (Phi) is 4.17. The number of amidine groups is 1. The van der Waals surface area contributed by atoms with Crippen molar-refractivity contribution in [1.29, 1.82) is 0 Å². The molecular weight excluding hydrogens is 364 g/mol. The van der Waals surface area contributed by atoms with Crippen molar-refractivity contribution in [1.82, 2.24) is 0 Å². The second-order valence-electron chi connectivity index (χ2n) is 7.46. The number of oxime groups is 1. The summed E-state index contributed by atoms with van der Waals surface area (Å²) in [5, 5.41) is 5.02. The summed E-state index contributed by atoms with van der Waals surface area (Å²) < 4.78 is 0. The number of hydrogen-bond acceptors (Lipinski definition) is 4. The van der Waals surface area contributed by atoms with Gasteiger partial charge >= 0.3 is 0 Å². The lowest BCUT2D eigenvalue weighted by atomic mass is 9.93. The number of fused-ring (bicyclic) bond motifs is 3. The largest absolute Gasteiger partial charge is 0.360 e. The van der Waals surface area contributed by atoms with E-state index in [0.29, 0.717) is 5.25 Å². The number of thioether (sulfide) groups is 1. The molecule has 3 aromatic carbocycles. The van der Waals surface area contributed by atoms with Gasteiger partial charge in [0.05, 0.1) is 5.69 Å². The second kappa shape index (κ2) is 6.71. The molecule has 0 bridgehead atoms. The molecule has 0 amide bonds. The highest BCUT2D eigenvalue weighted by molar-refractivity contribution is 8.00. The van der Waals surface area contributed by atoms with Crippen molar-refractivity contribution in [3.05, 3.63) is 95.6 Å². The summed E-state index contributed by atoms with van der Waals surface area (Å²) in [6.45, 7) is 4.38. The van der Waals surface area contributed by atoms with Crippen LogP contribution in [-0.2, 0) is 10.6 Å². The number of aryl methyl sites for hydroxylation is 1. The van der Waals surface area contributed by atoms with Crippen molar-refractivity contribution in [2.75, 3.05) is 4.90 Å². The van der Waals surface area contributed by atoms with Gasteiger partial charge in [-0.2, -0.15) is 0 Å². The molecule has 3 nitrogen and oxygen atoms in total. The maximum Gasteiger partial charge on any atom is 0.242 e. The van der Waals surface area contributed by atoms with Gasteiger partial charge in [-0.3, -0.25) is 4.90 Å². The van der Waals surface area contributed by atoms with E-state index in [4.69, 9.17) is 4.84 Å². The Morgan fingerprint density at radius 1 is 0.964 bits per heavy atom. The van der Waals surface area contributed by atoms with E-state index in [2.05, 4.69) is 84.6 Å². The average molecular weight is 387 g/mol. The van der Waals surface area contributed by atoms with Gasteiger partial charge in [-0.25, -0.2) is 0 Å². The first-order chi connectivity index (χ1) is 13.7. The smallest absolute Gasteiger partial charge is 0.242 e. The van der Waals surface area contributed by atoms with E-state index in [9.17, 15) is 0 Å². The van der Waals surface area contributed by atoms with Gasteiger partial charge in [0.25, 0.3) is 0 Å². The summed E-state index contributed by atoms with van der Waals surface area (Å²) >= 11 is 1.91. The van der Waals surface area contributed by atoms with Crippen molar-refractivity contribution in [3.63, 3.8) is 0 Å². The summed E-state index contributed by atoms with van der Waals surface area (Å²) in [4.78, 5) is 9.91. The van der Waals surface area contributed by atoms with Crippen molar-refractivity contribution in [3.8, 4) is 0 Å². The summed E-state index contributed by atoms with van der Waals surface area (Å²) in [5.74, 6) is 0.864. The minimum absolute atomic E-state index is 0.387. The van der Waals surface area contributed by atoms with E-state index in [1.54, 1.807) is 0 Å². The van der Waals surface area contributed by atoms with E-state index in [0.717, 1.165) is 29.1 Å². The highest BCUT2D eigenvalue weighted by atomic mass is 32.2. The molecule has 0 fully saturated rings. The zero-order valence-electron chi connectivity index (χ0n) is 16.0. The maximum absolute atomic E-state index is 6.35. The highest BCUT2D eigenvalue weighted by Crippen LogP contribution is 2.51. The molecule has 0 unspecified atom stereocenters. The molecular formula is C24H22N2OS. The van der Waals surface area contributed by atoms with Crippen LogP contribution < -0.4 is 4.90 Å². The molecule has 2 aliphatic rings. The number of nitrogens with zero attached hydrogens (tertiary/aromatic N) is 2. The van der Waals surface area contributed by atoms with E-state index < -0.39 is 5.72 Å². The summed E-state index contributed by atoms with van der Waals surface area (Å²) in [7, 11) is 0. The number of para-hydroxylation sites is 1. The lowest BCUT2D eigenvalue weighted by molar-refractivity contribution is -0.0274. The molecule has 0 aromatic heterocycles. The molecule has 2 atom stereocenters. The fraction of sp³-hybridized carbons (Fsp3) is 0.208. The van der Waals surface area contributed by atoms with Gasteiger partial charge in [0.2, 0.25) is 5.72 Å². The van der Waals surface area contributed by atoms with Crippen molar-refractivity contribution in [2.45, 2.75) is 36.1 Å². The van der Waals surface area contributed by atoms with Crippen LogP contribution in [0.25, 0.3) is 0 Å². The molecule has 0 aliphatic carbocycles. The Labute approximate surface area is 170 Å². The fourth-order valence-electron chi connectivity index (χ4n) is 4.08. The second-order valence-corrected chi connectivity index (χ2v) is 8.94. The molecule has 0 N–H and O–H groups in total. The van der Waals surface area contributed by atoms with Crippen LogP contribution in [0.15, 0.2) is 88.9 Å². The lowest BCUT2D eigenvalue weighted by Crippen LogP contribution is -2.47. The zero-order valence-corrected chi connectivity index (χ0v) is 16.8. The van der Waals surface area contributed by atoms with Crippen molar-refractivity contribution in [2.24, 2.45) is 5.16 Å². The van der Waals surface area contributed by atoms with Crippen molar-refractivity contribution < 1.29 is 4.84 Å². The van der Waals surface area contributed by atoms with Gasteiger partial charge in [-0.15, -0.1) is 11.8 Å². The van der Waals surface area contributed by atoms with E-state index in [-0.39, 0.29) is 0 Å². The van der Waals surface area contributed by atoms with Crippen LogP contribution in [0, 0.1) is 6.92 Å². The van der Waals surface area contributed by atoms with Crippen LogP contribution in [0.3, 0.4) is 0 Å². The van der Waals surface area contributed by atoms with Gasteiger partial charge < -0.3 is 4.84 Å². The third-order valence-electron chi connectivity index (χ3n) is 5.39. The van der Waals surface area contributed by atoms with Gasteiger partial charge in [0.1, 0.15) is 0 Å².